The molecule has 33 heavy (non-hydrogen) atoms. The zero-order valence-electron chi connectivity index (χ0n) is 19.1. The first-order chi connectivity index (χ1) is 15.7. The molecule has 2 saturated heterocycles. The first-order valence-corrected chi connectivity index (χ1v) is 12.8. The molecule has 2 atom stereocenters. The summed E-state index contributed by atoms with van der Waals surface area (Å²) in [4.78, 5) is 28.5. The quantitative estimate of drug-likeness (QED) is 0.595. The SMILES string of the molecule is CC[C@]1(CS(=O)(=O)N2CCC(C(OC)c3cc(C)nc4ccccc34)CC2)NC(=O)NC1=O. The minimum atomic E-state index is -3.75. The Bertz CT molecular complexity index is 1180. The fourth-order valence-electron chi connectivity index (χ4n) is 4.99. The lowest BCUT2D eigenvalue weighted by Gasteiger charge is -2.36. The minimum Gasteiger partial charge on any atom is -0.376 e. The van der Waals surface area contributed by atoms with Crippen molar-refractivity contribution < 1.29 is 22.7 Å². The molecule has 2 aromatic rings. The van der Waals surface area contributed by atoms with Gasteiger partial charge in [0.1, 0.15) is 5.54 Å². The number of ether oxygens (including phenoxy) is 1. The molecule has 2 aliphatic rings. The number of imide groups is 1. The van der Waals surface area contributed by atoms with Gasteiger partial charge in [-0.25, -0.2) is 17.5 Å². The number of nitrogens with zero attached hydrogens (tertiary/aromatic N) is 2. The van der Waals surface area contributed by atoms with Crippen LogP contribution in [0.1, 0.15) is 43.5 Å². The number of para-hydroxylation sites is 1. The van der Waals surface area contributed by atoms with Gasteiger partial charge in [-0.1, -0.05) is 25.1 Å². The van der Waals surface area contributed by atoms with E-state index in [9.17, 15) is 18.0 Å². The van der Waals surface area contributed by atoms with Crippen molar-refractivity contribution in [2.24, 2.45) is 5.92 Å². The predicted octanol–water partition coefficient (Wildman–Crippen LogP) is 2.26. The van der Waals surface area contributed by atoms with E-state index in [0.717, 1.165) is 22.2 Å². The van der Waals surface area contributed by atoms with Crippen LogP contribution in [0.25, 0.3) is 10.9 Å². The summed E-state index contributed by atoms with van der Waals surface area (Å²) in [6, 6.07) is 9.35. The molecular formula is C23H30N4O5S. The van der Waals surface area contributed by atoms with Gasteiger partial charge in [-0.2, -0.15) is 0 Å². The van der Waals surface area contributed by atoms with Gasteiger partial charge in [0.15, 0.2) is 0 Å². The number of methoxy groups -OCH3 is 1. The Kier molecular flexibility index (Phi) is 6.43. The Balaban J connectivity index is 1.50. The number of hydrogen-bond donors (Lipinski definition) is 2. The lowest BCUT2D eigenvalue weighted by atomic mass is 9.86. The molecule has 1 aromatic heterocycles. The zero-order valence-corrected chi connectivity index (χ0v) is 19.9. The third-order valence-corrected chi connectivity index (χ3v) is 8.81. The largest absolute Gasteiger partial charge is 0.376 e. The van der Waals surface area contributed by atoms with Crippen molar-refractivity contribution in [1.29, 1.82) is 0 Å². The van der Waals surface area contributed by atoms with Gasteiger partial charge in [0, 0.05) is 31.3 Å². The number of piperidine rings is 1. The lowest BCUT2D eigenvalue weighted by molar-refractivity contribution is -0.123. The minimum absolute atomic E-state index is 0.140. The maximum absolute atomic E-state index is 13.1. The molecule has 0 bridgehead atoms. The van der Waals surface area contributed by atoms with Crippen molar-refractivity contribution in [2.75, 3.05) is 26.0 Å². The molecule has 2 N–H and O–H groups in total. The molecule has 0 radical (unpaired) electrons. The van der Waals surface area contributed by atoms with Gasteiger partial charge in [-0.3, -0.25) is 15.1 Å². The van der Waals surface area contributed by atoms with Gasteiger partial charge >= 0.3 is 6.03 Å². The van der Waals surface area contributed by atoms with Gasteiger partial charge in [0.25, 0.3) is 5.91 Å². The summed E-state index contributed by atoms with van der Waals surface area (Å²) in [6.45, 7) is 4.32. The van der Waals surface area contributed by atoms with Crippen molar-refractivity contribution in [1.82, 2.24) is 19.9 Å². The molecule has 1 unspecified atom stereocenters. The zero-order chi connectivity index (χ0) is 23.8. The van der Waals surface area contributed by atoms with Crippen LogP contribution in [0.4, 0.5) is 4.79 Å². The molecule has 4 rings (SSSR count). The molecule has 9 nitrogen and oxygen atoms in total. The Hall–Kier alpha value is -2.56. The summed E-state index contributed by atoms with van der Waals surface area (Å²) in [6.07, 6.45) is 1.28. The van der Waals surface area contributed by atoms with Crippen LogP contribution in [-0.4, -0.2) is 61.1 Å². The number of rotatable bonds is 7. The lowest BCUT2D eigenvalue weighted by Crippen LogP contribution is -2.55. The van der Waals surface area contributed by atoms with Crippen molar-refractivity contribution in [3.8, 4) is 0 Å². The number of aryl methyl sites for hydroxylation is 1. The van der Waals surface area contributed by atoms with Crippen molar-refractivity contribution in [3.63, 3.8) is 0 Å². The van der Waals surface area contributed by atoms with Gasteiger partial charge in [-0.05, 0) is 49.8 Å². The fraction of sp³-hybridized carbons (Fsp3) is 0.522. The molecule has 10 heteroatoms. The van der Waals surface area contributed by atoms with Crippen molar-refractivity contribution in [3.05, 3.63) is 41.6 Å². The summed E-state index contributed by atoms with van der Waals surface area (Å²) < 4.78 is 33.7. The summed E-state index contributed by atoms with van der Waals surface area (Å²) in [5, 5.41) is 5.71. The predicted molar refractivity (Wildman–Crippen MR) is 124 cm³/mol. The first-order valence-electron chi connectivity index (χ1n) is 11.2. The van der Waals surface area contributed by atoms with E-state index in [1.54, 1.807) is 14.0 Å². The van der Waals surface area contributed by atoms with E-state index in [1.165, 1.54) is 4.31 Å². The smallest absolute Gasteiger partial charge is 0.322 e. The van der Waals surface area contributed by atoms with Gasteiger partial charge in [0.2, 0.25) is 10.0 Å². The van der Waals surface area contributed by atoms with E-state index in [0.29, 0.717) is 25.9 Å². The van der Waals surface area contributed by atoms with E-state index >= 15 is 0 Å². The number of carbonyl (C=O) groups excluding carboxylic acids is 2. The van der Waals surface area contributed by atoms with Gasteiger partial charge in [-0.15, -0.1) is 0 Å². The third kappa shape index (κ3) is 4.47. The standard InChI is InChI=1S/C23H30N4O5S/c1-4-23(21(28)25-22(29)26-23)14-33(30,31)27-11-9-16(10-12-27)20(32-3)18-13-15(2)24-19-8-6-5-7-17(18)19/h5-8,13,16,20H,4,9-12,14H2,1-3H3,(H2,25,26,28,29)/t20?,23-/m1/s1. The Morgan fingerprint density at radius 2 is 1.94 bits per heavy atom. The van der Waals surface area contributed by atoms with E-state index < -0.39 is 33.3 Å². The Morgan fingerprint density at radius 3 is 2.55 bits per heavy atom. The second-order valence-corrected chi connectivity index (χ2v) is 10.8. The molecule has 0 saturated carbocycles. The number of nitrogens with one attached hydrogen (secondary N) is 2. The number of aromatic nitrogens is 1. The van der Waals surface area contributed by atoms with Crippen LogP contribution in [0.2, 0.25) is 0 Å². The average Bonchev–Trinajstić information content (AvgIpc) is 3.07. The number of sulfonamides is 1. The topological polar surface area (TPSA) is 118 Å². The Morgan fingerprint density at radius 1 is 1.24 bits per heavy atom. The number of fused-ring (bicyclic) bond motifs is 1. The van der Waals surface area contributed by atoms with Crippen LogP contribution in [0.3, 0.4) is 0 Å². The van der Waals surface area contributed by atoms with Crippen LogP contribution >= 0.6 is 0 Å². The van der Waals surface area contributed by atoms with Crippen LogP contribution in [0, 0.1) is 12.8 Å². The normalized spacial score (nSPS) is 23.5. The summed E-state index contributed by atoms with van der Waals surface area (Å²) in [5.74, 6) is -0.894. The van der Waals surface area contributed by atoms with E-state index in [4.69, 9.17) is 4.74 Å². The van der Waals surface area contributed by atoms with E-state index in [2.05, 4.69) is 15.6 Å². The second-order valence-electron chi connectivity index (χ2n) is 8.86. The fourth-order valence-corrected chi connectivity index (χ4v) is 6.97. The second kappa shape index (κ2) is 9.00. The number of pyridine rings is 1. The Labute approximate surface area is 193 Å². The molecule has 0 spiro atoms. The van der Waals surface area contributed by atoms with Crippen LogP contribution in [0.5, 0.6) is 0 Å². The van der Waals surface area contributed by atoms with Gasteiger partial charge < -0.3 is 10.1 Å². The maximum atomic E-state index is 13.1. The van der Waals surface area contributed by atoms with E-state index in [-0.39, 0.29) is 18.4 Å². The molecule has 3 amide bonds. The third-order valence-electron chi connectivity index (χ3n) is 6.80. The number of amides is 3. The van der Waals surface area contributed by atoms with Gasteiger partial charge in [0.05, 0.1) is 17.4 Å². The number of hydrogen-bond acceptors (Lipinski definition) is 6. The highest BCUT2D eigenvalue weighted by molar-refractivity contribution is 7.89. The van der Waals surface area contributed by atoms with Crippen molar-refractivity contribution >= 4 is 32.9 Å². The summed E-state index contributed by atoms with van der Waals surface area (Å²) in [5.41, 5.74) is 1.47. The number of carbonyl (C=O) groups is 2. The van der Waals surface area contributed by atoms with Crippen LogP contribution in [-0.2, 0) is 19.6 Å². The highest BCUT2D eigenvalue weighted by Gasteiger charge is 2.49. The van der Waals surface area contributed by atoms with Crippen LogP contribution < -0.4 is 10.6 Å². The van der Waals surface area contributed by atoms with E-state index in [1.807, 2.05) is 37.3 Å². The number of benzene rings is 1. The van der Waals surface area contributed by atoms with Crippen molar-refractivity contribution in [2.45, 2.75) is 44.8 Å². The molecular weight excluding hydrogens is 444 g/mol. The highest BCUT2D eigenvalue weighted by atomic mass is 32.2. The monoisotopic (exact) mass is 474 g/mol. The first kappa shape index (κ1) is 23.6. The molecule has 3 heterocycles. The summed E-state index contributed by atoms with van der Waals surface area (Å²) in [7, 11) is -2.06. The average molecular weight is 475 g/mol. The maximum Gasteiger partial charge on any atom is 0.322 e. The number of urea groups is 1. The summed E-state index contributed by atoms with van der Waals surface area (Å²) >= 11 is 0. The highest BCUT2D eigenvalue weighted by Crippen LogP contribution is 2.37. The molecule has 2 fully saturated rings. The molecule has 1 aromatic carbocycles. The van der Waals surface area contributed by atoms with Crippen LogP contribution in [0.15, 0.2) is 30.3 Å². The molecule has 2 aliphatic heterocycles. The molecule has 0 aliphatic carbocycles. The molecule has 178 valence electrons.